The number of piperidine rings is 1. The van der Waals surface area contributed by atoms with Crippen molar-refractivity contribution in [3.63, 3.8) is 0 Å². The summed E-state index contributed by atoms with van der Waals surface area (Å²) in [7, 11) is 0. The molecule has 1 atom stereocenters. The maximum absolute atomic E-state index is 13.3. The number of carbonyl (C=O) groups excluding carboxylic acids is 2. The van der Waals surface area contributed by atoms with Crippen molar-refractivity contribution in [3.8, 4) is 0 Å². The van der Waals surface area contributed by atoms with Crippen LogP contribution in [-0.4, -0.2) is 34.7 Å². The summed E-state index contributed by atoms with van der Waals surface area (Å²) in [5.74, 6) is -1.07. The minimum absolute atomic E-state index is 0.243. The van der Waals surface area contributed by atoms with Crippen LogP contribution in [0.1, 0.15) is 30.1 Å². The van der Waals surface area contributed by atoms with Crippen molar-refractivity contribution in [1.82, 2.24) is 9.88 Å². The Balaban J connectivity index is 1.89. The van der Waals surface area contributed by atoms with Gasteiger partial charge in [0.15, 0.2) is 0 Å². The summed E-state index contributed by atoms with van der Waals surface area (Å²) in [6.45, 7) is 3.30. The second-order valence-corrected chi connectivity index (χ2v) is 5.72. The average Bonchev–Trinajstić information content (AvgIpc) is 2.88. The van der Waals surface area contributed by atoms with Crippen LogP contribution in [0.25, 0.3) is 10.9 Å². The number of Topliss-reactive ketones (excluding diaryl/α,β-unsaturated/α-hetero) is 1. The number of H-pyrrole nitrogens is 1. The Morgan fingerprint density at radius 1 is 1.38 bits per heavy atom. The molecule has 3 rings (SSSR count). The van der Waals surface area contributed by atoms with Gasteiger partial charge in [0, 0.05) is 30.2 Å². The SMILES string of the molecule is CC1CCCN(C(=O)C(=O)c2c[nH]c3ccc(F)cc23)C1. The minimum atomic E-state index is -0.569. The number of hydrogen-bond acceptors (Lipinski definition) is 2. The van der Waals surface area contributed by atoms with E-state index in [2.05, 4.69) is 11.9 Å². The van der Waals surface area contributed by atoms with Crippen LogP contribution in [0, 0.1) is 11.7 Å². The third-order valence-electron chi connectivity index (χ3n) is 4.03. The molecule has 1 aromatic heterocycles. The van der Waals surface area contributed by atoms with Crippen LogP contribution in [0.3, 0.4) is 0 Å². The zero-order chi connectivity index (χ0) is 15.0. The third-order valence-corrected chi connectivity index (χ3v) is 4.03. The molecule has 5 heteroatoms. The number of fused-ring (bicyclic) bond motifs is 1. The first-order chi connectivity index (χ1) is 10.1. The Hall–Kier alpha value is -2.17. The second-order valence-electron chi connectivity index (χ2n) is 5.72. The molecule has 1 N–H and O–H groups in total. The predicted molar refractivity (Wildman–Crippen MR) is 77.6 cm³/mol. The van der Waals surface area contributed by atoms with Crippen LogP contribution in [-0.2, 0) is 4.79 Å². The number of hydrogen-bond donors (Lipinski definition) is 1. The van der Waals surface area contributed by atoms with Gasteiger partial charge >= 0.3 is 0 Å². The van der Waals surface area contributed by atoms with Crippen molar-refractivity contribution >= 4 is 22.6 Å². The van der Waals surface area contributed by atoms with Crippen molar-refractivity contribution < 1.29 is 14.0 Å². The summed E-state index contributed by atoms with van der Waals surface area (Å²) in [6, 6.07) is 4.17. The first-order valence-electron chi connectivity index (χ1n) is 7.16. The maximum atomic E-state index is 13.3. The largest absolute Gasteiger partial charge is 0.360 e. The number of rotatable bonds is 2. The molecular weight excluding hydrogens is 271 g/mol. The smallest absolute Gasteiger partial charge is 0.295 e. The fraction of sp³-hybridized carbons (Fsp3) is 0.375. The maximum Gasteiger partial charge on any atom is 0.295 e. The summed E-state index contributed by atoms with van der Waals surface area (Å²) in [6.07, 6.45) is 3.48. The van der Waals surface area contributed by atoms with E-state index in [0.29, 0.717) is 29.9 Å². The number of ketones is 1. The second kappa shape index (κ2) is 5.31. The molecule has 1 unspecified atom stereocenters. The van der Waals surface area contributed by atoms with Gasteiger partial charge in [-0.1, -0.05) is 6.92 Å². The van der Waals surface area contributed by atoms with Gasteiger partial charge in [-0.15, -0.1) is 0 Å². The molecule has 1 aliphatic rings. The molecule has 110 valence electrons. The number of nitrogens with zero attached hydrogens (tertiary/aromatic N) is 1. The van der Waals surface area contributed by atoms with E-state index in [9.17, 15) is 14.0 Å². The minimum Gasteiger partial charge on any atom is -0.360 e. The molecule has 0 aliphatic carbocycles. The van der Waals surface area contributed by atoms with E-state index in [1.807, 2.05) is 0 Å². The van der Waals surface area contributed by atoms with Crippen molar-refractivity contribution in [2.24, 2.45) is 5.92 Å². The Bertz CT molecular complexity index is 707. The molecule has 1 saturated heterocycles. The van der Waals surface area contributed by atoms with Crippen molar-refractivity contribution in [2.45, 2.75) is 19.8 Å². The number of carbonyl (C=O) groups is 2. The lowest BCUT2D eigenvalue weighted by atomic mass is 9.99. The number of likely N-dealkylation sites (tertiary alicyclic amines) is 1. The highest BCUT2D eigenvalue weighted by Gasteiger charge is 2.28. The molecule has 2 heterocycles. The first-order valence-corrected chi connectivity index (χ1v) is 7.16. The van der Waals surface area contributed by atoms with Crippen LogP contribution < -0.4 is 0 Å². The molecule has 1 amide bonds. The fourth-order valence-corrected chi connectivity index (χ4v) is 2.91. The highest BCUT2D eigenvalue weighted by Crippen LogP contribution is 2.22. The summed E-state index contributed by atoms with van der Waals surface area (Å²) in [4.78, 5) is 29.3. The molecule has 0 spiro atoms. The number of aromatic nitrogens is 1. The van der Waals surface area contributed by atoms with Gasteiger partial charge in [0.2, 0.25) is 0 Å². The highest BCUT2D eigenvalue weighted by atomic mass is 19.1. The molecule has 0 radical (unpaired) electrons. The summed E-state index contributed by atoms with van der Waals surface area (Å²) >= 11 is 0. The molecule has 1 fully saturated rings. The number of benzene rings is 1. The predicted octanol–water partition coefficient (Wildman–Crippen LogP) is 2.75. The Morgan fingerprint density at radius 2 is 2.19 bits per heavy atom. The standard InChI is InChI=1S/C16H17FN2O2/c1-10-3-2-6-19(9-10)16(21)15(20)13-8-18-14-5-4-11(17)7-12(13)14/h4-5,7-8,10,18H,2-3,6,9H2,1H3. The number of amides is 1. The monoisotopic (exact) mass is 288 g/mol. The normalized spacial score (nSPS) is 19.0. The molecule has 2 aromatic rings. The first kappa shape index (κ1) is 13.8. The van der Waals surface area contributed by atoms with E-state index in [1.165, 1.54) is 18.3 Å². The van der Waals surface area contributed by atoms with Crippen LogP contribution in [0.5, 0.6) is 0 Å². The number of halogens is 1. The van der Waals surface area contributed by atoms with Gasteiger partial charge in [-0.3, -0.25) is 9.59 Å². The fourth-order valence-electron chi connectivity index (χ4n) is 2.91. The summed E-state index contributed by atoms with van der Waals surface area (Å²) < 4.78 is 13.3. The average molecular weight is 288 g/mol. The molecule has 21 heavy (non-hydrogen) atoms. The topological polar surface area (TPSA) is 53.2 Å². The number of nitrogens with one attached hydrogen (secondary N) is 1. The quantitative estimate of drug-likeness (QED) is 0.682. The van der Waals surface area contributed by atoms with Gasteiger partial charge in [0.25, 0.3) is 11.7 Å². The third kappa shape index (κ3) is 2.55. The van der Waals surface area contributed by atoms with E-state index in [0.717, 1.165) is 12.8 Å². The van der Waals surface area contributed by atoms with Gasteiger partial charge in [-0.05, 0) is 37.0 Å². The highest BCUT2D eigenvalue weighted by molar-refractivity contribution is 6.44. The van der Waals surface area contributed by atoms with Gasteiger partial charge in [-0.25, -0.2) is 4.39 Å². The molecule has 0 bridgehead atoms. The van der Waals surface area contributed by atoms with Gasteiger partial charge in [0.05, 0.1) is 5.56 Å². The van der Waals surface area contributed by atoms with Crippen molar-refractivity contribution in [1.29, 1.82) is 0 Å². The van der Waals surface area contributed by atoms with Gasteiger partial charge < -0.3 is 9.88 Å². The molecule has 1 aromatic carbocycles. The van der Waals surface area contributed by atoms with E-state index in [-0.39, 0.29) is 5.56 Å². The molecular formula is C16H17FN2O2. The lowest BCUT2D eigenvalue weighted by Gasteiger charge is -2.30. The zero-order valence-electron chi connectivity index (χ0n) is 11.9. The van der Waals surface area contributed by atoms with Gasteiger partial charge in [0.1, 0.15) is 5.82 Å². The lowest BCUT2D eigenvalue weighted by molar-refractivity contribution is -0.128. The Morgan fingerprint density at radius 3 is 2.95 bits per heavy atom. The van der Waals surface area contributed by atoms with Crippen LogP contribution in [0.15, 0.2) is 24.4 Å². The Kier molecular flexibility index (Phi) is 3.49. The Labute approximate surface area is 121 Å². The molecule has 0 saturated carbocycles. The van der Waals surface area contributed by atoms with Crippen LogP contribution in [0.2, 0.25) is 0 Å². The zero-order valence-corrected chi connectivity index (χ0v) is 11.9. The van der Waals surface area contributed by atoms with Crippen molar-refractivity contribution in [2.75, 3.05) is 13.1 Å². The van der Waals surface area contributed by atoms with E-state index < -0.39 is 17.5 Å². The van der Waals surface area contributed by atoms with E-state index in [4.69, 9.17) is 0 Å². The van der Waals surface area contributed by atoms with Gasteiger partial charge in [-0.2, -0.15) is 0 Å². The number of aromatic amines is 1. The van der Waals surface area contributed by atoms with Crippen LogP contribution in [0.4, 0.5) is 4.39 Å². The van der Waals surface area contributed by atoms with E-state index in [1.54, 1.807) is 11.0 Å². The lowest BCUT2D eigenvalue weighted by Crippen LogP contribution is -2.42. The van der Waals surface area contributed by atoms with E-state index >= 15 is 0 Å². The molecule has 1 aliphatic heterocycles. The van der Waals surface area contributed by atoms with Crippen LogP contribution >= 0.6 is 0 Å². The summed E-state index contributed by atoms with van der Waals surface area (Å²) in [5, 5.41) is 0.457. The summed E-state index contributed by atoms with van der Waals surface area (Å²) in [5.41, 5.74) is 0.896. The van der Waals surface area contributed by atoms with Crippen molar-refractivity contribution in [3.05, 3.63) is 35.8 Å². The molecule has 4 nitrogen and oxygen atoms in total.